The Labute approximate surface area is 225 Å². The van der Waals surface area contributed by atoms with E-state index >= 15 is 0 Å². The molecular weight excluding hydrogens is 494 g/mol. The number of rotatable bonds is 10. The summed E-state index contributed by atoms with van der Waals surface area (Å²) in [4.78, 5) is 24.8. The Morgan fingerprint density at radius 3 is 2.53 bits per heavy atom. The summed E-state index contributed by atoms with van der Waals surface area (Å²) < 4.78 is 13.6. The molecule has 4 rings (SSSR count). The predicted octanol–water partition coefficient (Wildman–Crippen LogP) is 6.87. The van der Waals surface area contributed by atoms with Gasteiger partial charge in [-0.25, -0.2) is 9.78 Å². The first kappa shape index (κ1) is 27.6. The fourth-order valence-corrected chi connectivity index (χ4v) is 4.83. The number of anilines is 1. The average molecular weight is 534 g/mol. The molecule has 0 saturated carbocycles. The lowest BCUT2D eigenvalue weighted by atomic mass is 10.1. The van der Waals surface area contributed by atoms with Crippen LogP contribution in [0, 0.1) is 0 Å². The van der Waals surface area contributed by atoms with Gasteiger partial charge in [-0.3, -0.25) is 10.3 Å². The highest BCUT2D eigenvalue weighted by Crippen LogP contribution is 2.29. The number of aryl methyl sites for hydroxylation is 2. The van der Waals surface area contributed by atoms with E-state index in [9.17, 15) is 4.79 Å². The normalized spacial score (nSPS) is 12.2. The molecule has 0 fully saturated rings. The third-order valence-electron chi connectivity index (χ3n) is 5.99. The van der Waals surface area contributed by atoms with Crippen LogP contribution < -0.4 is 5.32 Å². The van der Waals surface area contributed by atoms with Crippen LogP contribution in [0.3, 0.4) is 0 Å². The number of hydrogen-bond donors (Lipinski definition) is 2. The molecule has 38 heavy (non-hydrogen) atoms. The third kappa shape index (κ3) is 7.78. The van der Waals surface area contributed by atoms with Gasteiger partial charge in [-0.05, 0) is 62.9 Å². The topological polar surface area (TPSA) is 94.1 Å². The van der Waals surface area contributed by atoms with Crippen LogP contribution in [0.4, 0.5) is 10.7 Å². The van der Waals surface area contributed by atoms with Crippen LogP contribution in [0.2, 0.25) is 25.7 Å². The lowest BCUT2D eigenvalue weighted by Crippen LogP contribution is -2.27. The number of amides is 1. The van der Waals surface area contributed by atoms with Gasteiger partial charge in [-0.2, -0.15) is 0 Å². The molecule has 4 aromatic rings. The molecule has 202 valence electrons. The van der Waals surface area contributed by atoms with Crippen molar-refractivity contribution >= 4 is 31.1 Å². The Hall–Kier alpha value is -3.43. The van der Waals surface area contributed by atoms with Crippen molar-refractivity contribution in [3.63, 3.8) is 0 Å². The molecule has 8 nitrogen and oxygen atoms in total. The van der Waals surface area contributed by atoms with E-state index in [1.807, 2.05) is 32.9 Å². The minimum atomic E-state index is -1.19. The quantitative estimate of drug-likeness (QED) is 0.171. The molecule has 0 unspecified atom stereocenters. The SMILES string of the molecule is CC(C)(C)OC(=O)Nc1nc2c(-c3cc(CCc4ccccc4)cn3COCC[Si](C)(C)C)nccc2[nH]1. The second-order valence-corrected chi connectivity index (χ2v) is 17.4. The third-order valence-corrected chi connectivity index (χ3v) is 7.69. The molecule has 3 heterocycles. The second kappa shape index (κ2) is 11.5. The van der Waals surface area contributed by atoms with Gasteiger partial charge in [0.15, 0.2) is 0 Å². The summed E-state index contributed by atoms with van der Waals surface area (Å²) in [5.74, 6) is 0.317. The van der Waals surface area contributed by atoms with E-state index in [0.29, 0.717) is 18.2 Å². The molecule has 0 radical (unpaired) electrons. The first-order valence-electron chi connectivity index (χ1n) is 13.1. The molecule has 3 aromatic heterocycles. The van der Waals surface area contributed by atoms with Gasteiger partial charge in [0.1, 0.15) is 23.5 Å². The van der Waals surface area contributed by atoms with E-state index in [-0.39, 0.29) is 0 Å². The summed E-state index contributed by atoms with van der Waals surface area (Å²) >= 11 is 0. The summed E-state index contributed by atoms with van der Waals surface area (Å²) in [6.07, 6.45) is 5.19. The number of imidazole rings is 1. The van der Waals surface area contributed by atoms with Crippen LogP contribution in [0.25, 0.3) is 22.4 Å². The highest BCUT2D eigenvalue weighted by Gasteiger charge is 2.20. The summed E-state index contributed by atoms with van der Waals surface area (Å²) in [5.41, 5.74) is 5.03. The number of fused-ring (bicyclic) bond motifs is 1. The maximum Gasteiger partial charge on any atom is 0.414 e. The van der Waals surface area contributed by atoms with Crippen molar-refractivity contribution in [2.75, 3.05) is 11.9 Å². The zero-order valence-corrected chi connectivity index (χ0v) is 24.3. The number of aromatic amines is 1. The largest absolute Gasteiger partial charge is 0.444 e. The fraction of sp³-hybridized carbons (Fsp3) is 0.414. The minimum absolute atomic E-state index is 0.317. The van der Waals surface area contributed by atoms with Crippen molar-refractivity contribution < 1.29 is 14.3 Å². The van der Waals surface area contributed by atoms with E-state index in [0.717, 1.165) is 42.4 Å². The fourth-order valence-electron chi connectivity index (χ4n) is 4.07. The lowest BCUT2D eigenvalue weighted by Gasteiger charge is -2.18. The molecule has 9 heteroatoms. The number of pyridine rings is 1. The van der Waals surface area contributed by atoms with E-state index in [1.54, 1.807) is 6.20 Å². The highest BCUT2D eigenvalue weighted by molar-refractivity contribution is 6.76. The van der Waals surface area contributed by atoms with Crippen molar-refractivity contribution in [1.82, 2.24) is 19.5 Å². The van der Waals surface area contributed by atoms with E-state index < -0.39 is 19.8 Å². The second-order valence-electron chi connectivity index (χ2n) is 11.8. The first-order chi connectivity index (χ1) is 18.0. The van der Waals surface area contributed by atoms with Gasteiger partial charge in [0, 0.05) is 27.1 Å². The van der Waals surface area contributed by atoms with Crippen LogP contribution >= 0.6 is 0 Å². The Morgan fingerprint density at radius 2 is 1.82 bits per heavy atom. The molecule has 2 N–H and O–H groups in total. The van der Waals surface area contributed by atoms with Crippen LogP contribution in [0.1, 0.15) is 31.9 Å². The lowest BCUT2D eigenvalue weighted by molar-refractivity contribution is 0.0635. The average Bonchev–Trinajstić information content (AvgIpc) is 3.42. The van der Waals surface area contributed by atoms with Gasteiger partial charge in [0.05, 0.1) is 11.2 Å². The number of H-pyrrole nitrogens is 1. The summed E-state index contributed by atoms with van der Waals surface area (Å²) in [5, 5.41) is 2.70. The summed E-state index contributed by atoms with van der Waals surface area (Å²) in [6, 6.07) is 15.6. The van der Waals surface area contributed by atoms with Crippen molar-refractivity contribution in [3.8, 4) is 11.4 Å². The van der Waals surface area contributed by atoms with E-state index in [2.05, 4.69) is 76.0 Å². The molecule has 0 saturated heterocycles. The summed E-state index contributed by atoms with van der Waals surface area (Å²) in [6.45, 7) is 13.7. The molecule has 1 amide bonds. The highest BCUT2D eigenvalue weighted by atomic mass is 28.3. The molecule has 1 aromatic carbocycles. The molecule has 0 aliphatic heterocycles. The number of hydrogen-bond acceptors (Lipinski definition) is 5. The molecule has 0 aliphatic carbocycles. The van der Waals surface area contributed by atoms with Gasteiger partial charge < -0.3 is 19.0 Å². The number of carbonyl (C=O) groups is 1. The number of ether oxygens (including phenoxy) is 2. The van der Waals surface area contributed by atoms with Gasteiger partial charge in [0.2, 0.25) is 5.95 Å². The minimum Gasteiger partial charge on any atom is -0.444 e. The van der Waals surface area contributed by atoms with Gasteiger partial charge in [-0.1, -0.05) is 50.0 Å². The van der Waals surface area contributed by atoms with Crippen molar-refractivity contribution in [3.05, 3.63) is 66.0 Å². The Kier molecular flexibility index (Phi) is 8.37. The van der Waals surface area contributed by atoms with Crippen molar-refractivity contribution in [1.29, 1.82) is 0 Å². The van der Waals surface area contributed by atoms with Gasteiger partial charge >= 0.3 is 6.09 Å². The molecule has 0 bridgehead atoms. The maximum atomic E-state index is 12.3. The van der Waals surface area contributed by atoms with Gasteiger partial charge in [-0.15, -0.1) is 0 Å². The first-order valence-corrected chi connectivity index (χ1v) is 16.8. The predicted molar refractivity (Wildman–Crippen MR) is 155 cm³/mol. The van der Waals surface area contributed by atoms with Crippen LogP contribution in [0.5, 0.6) is 0 Å². The number of benzene rings is 1. The van der Waals surface area contributed by atoms with Crippen LogP contribution in [0.15, 0.2) is 54.9 Å². The Balaban J connectivity index is 1.61. The van der Waals surface area contributed by atoms with E-state index in [4.69, 9.17) is 14.5 Å². The van der Waals surface area contributed by atoms with Crippen LogP contribution in [-0.2, 0) is 29.0 Å². The molecule has 0 aliphatic rings. The standard InChI is InChI=1S/C29H39N5O3Si/c1-29(2,3)37-28(35)33-27-31-23-14-15-30-26(25(23)32-27)24-18-22(13-12-21-10-8-7-9-11-21)19-34(24)20-36-16-17-38(4,5)6/h7-11,14-15,18-19H,12-13,16-17,20H2,1-6H3,(H2,31,32,33,35). The molecule has 0 atom stereocenters. The zero-order valence-electron chi connectivity index (χ0n) is 23.3. The Morgan fingerprint density at radius 1 is 1.08 bits per heavy atom. The number of nitrogens with one attached hydrogen (secondary N) is 2. The van der Waals surface area contributed by atoms with Crippen molar-refractivity contribution in [2.24, 2.45) is 0 Å². The number of carbonyl (C=O) groups excluding carboxylic acids is 1. The number of nitrogens with zero attached hydrogens (tertiary/aromatic N) is 3. The zero-order chi connectivity index (χ0) is 27.3. The summed E-state index contributed by atoms with van der Waals surface area (Å²) in [7, 11) is -1.19. The monoisotopic (exact) mass is 533 g/mol. The van der Waals surface area contributed by atoms with Crippen LogP contribution in [-0.4, -0.2) is 45.9 Å². The van der Waals surface area contributed by atoms with Gasteiger partial charge in [0.25, 0.3) is 0 Å². The maximum absolute atomic E-state index is 12.3. The molecular formula is C29H39N5O3Si. The molecule has 0 spiro atoms. The smallest absolute Gasteiger partial charge is 0.414 e. The number of aromatic nitrogens is 4. The van der Waals surface area contributed by atoms with Crippen molar-refractivity contribution in [2.45, 2.75) is 71.6 Å². The van der Waals surface area contributed by atoms with E-state index in [1.165, 1.54) is 11.1 Å². The Bertz CT molecular complexity index is 1370.